The molecule has 0 aliphatic carbocycles. The lowest BCUT2D eigenvalue weighted by atomic mass is 10.1. The molecule has 2 heteroatoms. The number of rotatable bonds is 2. The zero-order valence-electron chi connectivity index (χ0n) is 5.27. The van der Waals surface area contributed by atoms with Crippen LogP contribution in [0.4, 0.5) is 0 Å². The van der Waals surface area contributed by atoms with E-state index in [0.29, 0.717) is 0 Å². The SMILES string of the molecule is C=[NH+]C(=O)C(C)[CH-]C. The highest BCUT2D eigenvalue weighted by molar-refractivity contribution is 5.70. The summed E-state index contributed by atoms with van der Waals surface area (Å²) < 4.78 is 0. The Hall–Kier alpha value is -0.660. The number of amides is 1. The average molecular weight is 113 g/mol. The molecule has 0 fully saturated rings. The Morgan fingerprint density at radius 1 is 1.88 bits per heavy atom. The van der Waals surface area contributed by atoms with Gasteiger partial charge in [-0.3, -0.25) is 0 Å². The molecule has 2 nitrogen and oxygen atoms in total. The molecule has 1 N–H and O–H groups in total. The maximum absolute atomic E-state index is 10.5. The van der Waals surface area contributed by atoms with Gasteiger partial charge in [-0.2, -0.15) is 11.9 Å². The Labute approximate surface area is 49.6 Å². The van der Waals surface area contributed by atoms with Crippen molar-refractivity contribution in [3.05, 3.63) is 6.42 Å². The number of carbonyl (C=O) groups is 1. The van der Waals surface area contributed by atoms with Crippen molar-refractivity contribution in [1.82, 2.24) is 0 Å². The monoisotopic (exact) mass is 113 g/mol. The van der Waals surface area contributed by atoms with Gasteiger partial charge in [-0.1, -0.05) is 6.92 Å². The summed E-state index contributed by atoms with van der Waals surface area (Å²) in [5, 5.41) is 0. The zero-order chi connectivity index (χ0) is 6.57. The van der Waals surface area contributed by atoms with Crippen molar-refractivity contribution in [3.8, 4) is 0 Å². The van der Waals surface area contributed by atoms with Crippen LogP contribution in [-0.4, -0.2) is 12.6 Å². The molecule has 0 aliphatic heterocycles. The summed E-state index contributed by atoms with van der Waals surface area (Å²) in [4.78, 5) is 12.8. The first-order valence-electron chi connectivity index (χ1n) is 2.58. The molecule has 0 radical (unpaired) electrons. The van der Waals surface area contributed by atoms with Gasteiger partial charge in [0.25, 0.3) is 0 Å². The minimum atomic E-state index is -0.0347. The second-order valence-corrected chi connectivity index (χ2v) is 1.66. The van der Waals surface area contributed by atoms with Crippen LogP contribution in [0.25, 0.3) is 0 Å². The van der Waals surface area contributed by atoms with Crippen molar-refractivity contribution in [2.75, 3.05) is 0 Å². The van der Waals surface area contributed by atoms with Crippen LogP contribution in [0.5, 0.6) is 0 Å². The van der Waals surface area contributed by atoms with E-state index in [-0.39, 0.29) is 11.8 Å². The molecule has 0 aromatic rings. The molecule has 46 valence electrons. The third-order valence-electron chi connectivity index (χ3n) is 1.09. The van der Waals surface area contributed by atoms with Crippen molar-refractivity contribution in [3.63, 3.8) is 0 Å². The number of carbonyl (C=O) groups excluding carboxylic acids is 1. The molecule has 1 amide bonds. The Kier molecular flexibility index (Phi) is 3.08. The van der Waals surface area contributed by atoms with E-state index in [4.69, 9.17) is 0 Å². The summed E-state index contributed by atoms with van der Waals surface area (Å²) in [6.07, 6.45) is 1.82. The standard InChI is InChI=1S/C6H10NO/c1-4-5(2)6(8)7-3/h4-5H,3H2,1-2H3/q-1/p+1. The summed E-state index contributed by atoms with van der Waals surface area (Å²) in [6, 6.07) is 0. The summed E-state index contributed by atoms with van der Waals surface area (Å²) in [5.74, 6) is -0.0556. The van der Waals surface area contributed by atoms with Gasteiger partial charge < -0.3 is 6.42 Å². The van der Waals surface area contributed by atoms with E-state index < -0.39 is 0 Å². The van der Waals surface area contributed by atoms with Crippen LogP contribution < -0.4 is 4.99 Å². The van der Waals surface area contributed by atoms with E-state index in [9.17, 15) is 4.79 Å². The topological polar surface area (TPSA) is 31.0 Å². The molecule has 0 bridgehead atoms. The Balaban J connectivity index is 3.62. The van der Waals surface area contributed by atoms with Crippen LogP contribution in [-0.2, 0) is 4.79 Å². The normalized spacial score (nSPS) is 12.8. The third kappa shape index (κ3) is 1.87. The van der Waals surface area contributed by atoms with Crippen molar-refractivity contribution in [2.45, 2.75) is 13.8 Å². The van der Waals surface area contributed by atoms with Gasteiger partial charge in [-0.05, 0) is 5.92 Å². The van der Waals surface area contributed by atoms with Crippen LogP contribution in [0.1, 0.15) is 13.8 Å². The molecule has 8 heavy (non-hydrogen) atoms. The lowest BCUT2D eigenvalue weighted by Crippen LogP contribution is -2.73. The molecule has 0 aliphatic rings. The first-order valence-corrected chi connectivity index (χ1v) is 2.58. The van der Waals surface area contributed by atoms with Gasteiger partial charge in [-0.25, -0.2) is 4.79 Å². The van der Waals surface area contributed by atoms with Crippen molar-refractivity contribution >= 4 is 12.6 Å². The van der Waals surface area contributed by atoms with Crippen LogP contribution >= 0.6 is 0 Å². The van der Waals surface area contributed by atoms with Crippen molar-refractivity contribution < 1.29 is 9.79 Å². The van der Waals surface area contributed by atoms with Gasteiger partial charge in [0.2, 0.25) is 0 Å². The first kappa shape index (κ1) is 7.34. The van der Waals surface area contributed by atoms with Gasteiger partial charge in [0, 0.05) is 0 Å². The zero-order valence-corrected chi connectivity index (χ0v) is 5.27. The van der Waals surface area contributed by atoms with Gasteiger partial charge >= 0.3 is 5.91 Å². The lowest BCUT2D eigenvalue weighted by molar-refractivity contribution is -0.372. The number of hydrogen-bond acceptors (Lipinski definition) is 1. The second-order valence-electron chi connectivity index (χ2n) is 1.66. The van der Waals surface area contributed by atoms with E-state index in [1.54, 1.807) is 0 Å². The molecule has 0 saturated carbocycles. The van der Waals surface area contributed by atoms with E-state index in [0.717, 1.165) is 0 Å². The largest absolute Gasteiger partial charge is 0.357 e. The molecule has 0 saturated heterocycles. The molecule has 0 aromatic heterocycles. The summed E-state index contributed by atoms with van der Waals surface area (Å²) in [7, 11) is 0. The highest BCUT2D eigenvalue weighted by Gasteiger charge is 2.03. The Bertz CT molecular complexity index is 98.7. The molecule has 1 unspecified atom stereocenters. The maximum Gasteiger partial charge on any atom is 0.357 e. The van der Waals surface area contributed by atoms with E-state index >= 15 is 0 Å². The number of nitrogens with one attached hydrogen (secondary N) is 1. The smallest absolute Gasteiger partial charge is 0.315 e. The summed E-state index contributed by atoms with van der Waals surface area (Å²) in [6.45, 7) is 6.90. The fraction of sp³-hybridized carbons (Fsp3) is 0.500. The first-order chi connectivity index (χ1) is 3.72. The fourth-order valence-corrected chi connectivity index (χ4v) is 0.312. The highest BCUT2D eigenvalue weighted by atomic mass is 16.1. The minimum absolute atomic E-state index is 0.0208. The van der Waals surface area contributed by atoms with Gasteiger partial charge in [-0.15, -0.1) is 0 Å². The Morgan fingerprint density at radius 2 is 2.38 bits per heavy atom. The van der Waals surface area contributed by atoms with Crippen molar-refractivity contribution in [1.29, 1.82) is 0 Å². The van der Waals surface area contributed by atoms with Gasteiger partial charge in [0.15, 0.2) is 0 Å². The summed E-state index contributed by atoms with van der Waals surface area (Å²) >= 11 is 0. The maximum atomic E-state index is 10.5. The minimum Gasteiger partial charge on any atom is -0.315 e. The molecule has 1 atom stereocenters. The van der Waals surface area contributed by atoms with Crippen molar-refractivity contribution in [2.24, 2.45) is 5.92 Å². The predicted octanol–water partition coefficient (Wildman–Crippen LogP) is -0.846. The molecular formula is C6H11NO. The predicted molar refractivity (Wildman–Crippen MR) is 32.2 cm³/mol. The van der Waals surface area contributed by atoms with Crippen LogP contribution in [0.2, 0.25) is 0 Å². The molecular weight excluding hydrogens is 102 g/mol. The molecule has 0 spiro atoms. The lowest BCUT2D eigenvalue weighted by Gasteiger charge is -2.05. The highest BCUT2D eigenvalue weighted by Crippen LogP contribution is 1.93. The van der Waals surface area contributed by atoms with E-state index in [1.807, 2.05) is 20.3 Å². The van der Waals surface area contributed by atoms with Crippen LogP contribution in [0.15, 0.2) is 0 Å². The molecule has 0 rings (SSSR count). The summed E-state index contributed by atoms with van der Waals surface area (Å²) in [5.41, 5.74) is 0. The fourth-order valence-electron chi connectivity index (χ4n) is 0.312. The number of hydrogen-bond donors (Lipinski definition) is 1. The second kappa shape index (κ2) is 3.36. The van der Waals surface area contributed by atoms with Gasteiger partial charge in [0.05, 0.1) is 0 Å². The average Bonchev–Trinajstić information content (AvgIpc) is 1.84. The van der Waals surface area contributed by atoms with Crippen LogP contribution in [0, 0.1) is 12.3 Å². The third-order valence-corrected chi connectivity index (χ3v) is 1.09. The quantitative estimate of drug-likeness (QED) is 0.367. The molecule has 0 heterocycles. The van der Waals surface area contributed by atoms with Gasteiger partial charge in [0.1, 0.15) is 6.72 Å². The molecule has 0 aromatic carbocycles. The van der Waals surface area contributed by atoms with E-state index in [1.165, 1.54) is 0 Å². The Morgan fingerprint density at radius 3 is 2.50 bits per heavy atom. The van der Waals surface area contributed by atoms with E-state index in [2.05, 4.69) is 11.7 Å². The van der Waals surface area contributed by atoms with Crippen LogP contribution in [0.3, 0.4) is 0 Å².